The van der Waals surface area contributed by atoms with Gasteiger partial charge < -0.3 is 19.3 Å². The summed E-state index contributed by atoms with van der Waals surface area (Å²) in [7, 11) is 4.62. The first-order valence-corrected chi connectivity index (χ1v) is 5.13. The largest absolute Gasteiger partial charge is 0.504 e. The molecule has 1 N–H and O–H groups in total. The van der Waals surface area contributed by atoms with Gasteiger partial charge in [0.1, 0.15) is 0 Å². The molecule has 0 aromatic heterocycles. The summed E-state index contributed by atoms with van der Waals surface area (Å²) >= 11 is 0. The number of hydrogen-bond donors (Lipinski definition) is 1. The van der Waals surface area contributed by atoms with Crippen LogP contribution in [0.3, 0.4) is 0 Å². The summed E-state index contributed by atoms with van der Waals surface area (Å²) in [5.41, 5.74) is 0.786. The van der Waals surface area contributed by atoms with E-state index in [-0.39, 0.29) is 12.0 Å². The zero-order chi connectivity index (χ0) is 12.7. The van der Waals surface area contributed by atoms with Crippen LogP contribution in [-0.2, 0) is 9.47 Å². The van der Waals surface area contributed by atoms with Crippen LogP contribution in [-0.4, -0.2) is 45.5 Å². The van der Waals surface area contributed by atoms with Crippen LogP contribution in [0.2, 0.25) is 0 Å². The molecule has 0 spiro atoms. The molecule has 1 rings (SSSR count). The zero-order valence-corrected chi connectivity index (χ0v) is 10.2. The summed E-state index contributed by atoms with van der Waals surface area (Å²) in [6.07, 6.45) is 1.29. The second-order valence-electron chi connectivity index (χ2n) is 3.33. The number of benzene rings is 1. The molecule has 0 bridgehead atoms. The monoisotopic (exact) mass is 239 g/mol. The molecule has 0 saturated heterocycles. The highest BCUT2D eigenvalue weighted by Crippen LogP contribution is 2.25. The van der Waals surface area contributed by atoms with Crippen LogP contribution in [0.25, 0.3) is 0 Å². The maximum atomic E-state index is 9.56. The van der Waals surface area contributed by atoms with Crippen LogP contribution < -0.4 is 4.74 Å². The predicted octanol–water partition coefficient (Wildman–Crippen LogP) is 1.44. The molecule has 0 amide bonds. The van der Waals surface area contributed by atoms with Gasteiger partial charge in [-0.25, -0.2) is 0 Å². The van der Waals surface area contributed by atoms with Crippen LogP contribution >= 0.6 is 0 Å². The topological polar surface area (TPSA) is 60.3 Å². The van der Waals surface area contributed by atoms with Crippen LogP contribution in [0.4, 0.5) is 0 Å². The molecule has 0 aliphatic rings. The van der Waals surface area contributed by atoms with E-state index in [4.69, 9.17) is 14.2 Å². The Labute approximate surface area is 101 Å². The van der Waals surface area contributed by atoms with Gasteiger partial charge in [-0.2, -0.15) is 0 Å². The number of aliphatic imine (C=N–C) groups is 1. The number of phenols is 1. The van der Waals surface area contributed by atoms with E-state index in [1.165, 1.54) is 7.11 Å². The molecule has 0 atom stereocenters. The Balaban J connectivity index is 2.62. The minimum atomic E-state index is -0.349. The quantitative estimate of drug-likeness (QED) is 0.602. The van der Waals surface area contributed by atoms with E-state index in [1.807, 2.05) is 0 Å². The lowest BCUT2D eigenvalue weighted by Crippen LogP contribution is -2.16. The van der Waals surface area contributed by atoms with E-state index >= 15 is 0 Å². The lowest BCUT2D eigenvalue weighted by Gasteiger charge is -2.09. The SMILES string of the molecule is COc1ccc(C=NCC(OC)OC)cc1O. The highest BCUT2D eigenvalue weighted by Gasteiger charge is 2.03. The molecule has 5 heteroatoms. The van der Waals surface area contributed by atoms with Crippen molar-refractivity contribution in [3.05, 3.63) is 23.8 Å². The van der Waals surface area contributed by atoms with E-state index < -0.39 is 0 Å². The van der Waals surface area contributed by atoms with Crippen molar-refractivity contribution in [3.63, 3.8) is 0 Å². The Morgan fingerprint density at radius 1 is 1.29 bits per heavy atom. The predicted molar refractivity (Wildman–Crippen MR) is 64.9 cm³/mol. The molecule has 0 radical (unpaired) electrons. The van der Waals surface area contributed by atoms with E-state index in [1.54, 1.807) is 38.6 Å². The Kier molecular flexibility index (Phi) is 5.45. The average Bonchev–Trinajstić information content (AvgIpc) is 2.35. The average molecular weight is 239 g/mol. The van der Waals surface area contributed by atoms with Gasteiger partial charge in [0.25, 0.3) is 0 Å². The number of phenolic OH excluding ortho intramolecular Hbond substituents is 1. The van der Waals surface area contributed by atoms with Gasteiger partial charge in [-0.3, -0.25) is 4.99 Å². The molecule has 0 unspecified atom stereocenters. The van der Waals surface area contributed by atoms with Gasteiger partial charge in [0.2, 0.25) is 0 Å². The molecule has 0 saturated carbocycles. The van der Waals surface area contributed by atoms with Crippen molar-refractivity contribution in [2.75, 3.05) is 27.9 Å². The fraction of sp³-hybridized carbons (Fsp3) is 0.417. The van der Waals surface area contributed by atoms with E-state index in [0.29, 0.717) is 12.3 Å². The van der Waals surface area contributed by atoms with Crippen molar-refractivity contribution in [2.24, 2.45) is 4.99 Å². The van der Waals surface area contributed by atoms with Crippen LogP contribution in [0, 0.1) is 0 Å². The number of nitrogens with zero attached hydrogens (tertiary/aromatic N) is 1. The molecular weight excluding hydrogens is 222 g/mol. The Hall–Kier alpha value is -1.59. The summed E-state index contributed by atoms with van der Waals surface area (Å²) < 4.78 is 14.9. The summed E-state index contributed by atoms with van der Waals surface area (Å²) in [5.74, 6) is 0.528. The lowest BCUT2D eigenvalue weighted by molar-refractivity contribution is -0.0936. The van der Waals surface area contributed by atoms with Gasteiger partial charge >= 0.3 is 0 Å². The van der Waals surface area contributed by atoms with Crippen molar-refractivity contribution in [3.8, 4) is 11.5 Å². The summed E-state index contributed by atoms with van der Waals surface area (Å²) in [5, 5.41) is 9.56. The minimum absolute atomic E-state index is 0.0893. The Morgan fingerprint density at radius 3 is 2.53 bits per heavy atom. The van der Waals surface area contributed by atoms with E-state index in [9.17, 15) is 5.11 Å². The first-order valence-electron chi connectivity index (χ1n) is 5.13. The number of methoxy groups -OCH3 is 3. The first kappa shape index (κ1) is 13.5. The van der Waals surface area contributed by atoms with Crippen LogP contribution in [0.5, 0.6) is 11.5 Å². The van der Waals surface area contributed by atoms with Gasteiger partial charge in [0.15, 0.2) is 17.8 Å². The summed E-state index contributed by atoms with van der Waals surface area (Å²) in [4.78, 5) is 4.15. The fourth-order valence-corrected chi connectivity index (χ4v) is 1.28. The summed E-state index contributed by atoms with van der Waals surface area (Å²) in [6, 6.07) is 5.06. The van der Waals surface area contributed by atoms with Gasteiger partial charge in [-0.05, 0) is 23.8 Å². The number of aromatic hydroxyl groups is 1. The van der Waals surface area contributed by atoms with Gasteiger partial charge in [0.05, 0.1) is 13.7 Å². The maximum absolute atomic E-state index is 9.56. The molecule has 1 aromatic carbocycles. The number of ether oxygens (including phenoxy) is 3. The first-order chi connectivity index (χ1) is 8.21. The second kappa shape index (κ2) is 6.88. The van der Waals surface area contributed by atoms with Crippen molar-refractivity contribution >= 4 is 6.21 Å². The minimum Gasteiger partial charge on any atom is -0.504 e. The Morgan fingerprint density at radius 2 is 2.00 bits per heavy atom. The molecule has 5 nitrogen and oxygen atoms in total. The van der Waals surface area contributed by atoms with Crippen LogP contribution in [0.1, 0.15) is 5.56 Å². The standard InChI is InChI=1S/C12H17NO4/c1-15-11-5-4-9(6-10(11)14)7-13-8-12(16-2)17-3/h4-7,12,14H,8H2,1-3H3. The van der Waals surface area contributed by atoms with Crippen LogP contribution in [0.15, 0.2) is 23.2 Å². The third kappa shape index (κ3) is 4.05. The molecule has 0 heterocycles. The van der Waals surface area contributed by atoms with Gasteiger partial charge in [-0.15, -0.1) is 0 Å². The number of rotatable bonds is 6. The molecule has 0 fully saturated rings. The van der Waals surface area contributed by atoms with Gasteiger partial charge in [-0.1, -0.05) is 0 Å². The fourth-order valence-electron chi connectivity index (χ4n) is 1.28. The van der Waals surface area contributed by atoms with E-state index in [2.05, 4.69) is 4.99 Å². The van der Waals surface area contributed by atoms with E-state index in [0.717, 1.165) is 5.56 Å². The normalized spacial score (nSPS) is 11.3. The molecular formula is C12H17NO4. The lowest BCUT2D eigenvalue weighted by atomic mass is 10.2. The van der Waals surface area contributed by atoms with Crippen molar-refractivity contribution < 1.29 is 19.3 Å². The Bertz CT molecular complexity index is 375. The van der Waals surface area contributed by atoms with Crippen molar-refractivity contribution in [1.82, 2.24) is 0 Å². The third-order valence-electron chi connectivity index (χ3n) is 2.22. The molecule has 0 aliphatic heterocycles. The van der Waals surface area contributed by atoms with Crippen molar-refractivity contribution in [2.45, 2.75) is 6.29 Å². The zero-order valence-electron chi connectivity index (χ0n) is 10.2. The molecule has 1 aromatic rings. The summed E-state index contributed by atoms with van der Waals surface area (Å²) in [6.45, 7) is 0.403. The molecule has 17 heavy (non-hydrogen) atoms. The van der Waals surface area contributed by atoms with Gasteiger partial charge in [0, 0.05) is 20.4 Å². The second-order valence-corrected chi connectivity index (χ2v) is 3.33. The molecule has 0 aliphatic carbocycles. The maximum Gasteiger partial charge on any atom is 0.176 e. The number of hydrogen-bond acceptors (Lipinski definition) is 5. The third-order valence-corrected chi connectivity index (χ3v) is 2.22. The highest BCUT2D eigenvalue weighted by molar-refractivity contribution is 5.80. The van der Waals surface area contributed by atoms with Crippen molar-refractivity contribution in [1.29, 1.82) is 0 Å². The highest BCUT2D eigenvalue weighted by atomic mass is 16.7. The molecule has 94 valence electrons. The smallest absolute Gasteiger partial charge is 0.176 e.